The summed E-state index contributed by atoms with van der Waals surface area (Å²) in [5, 5.41) is 3.14. The van der Waals surface area contributed by atoms with Crippen molar-refractivity contribution in [3.05, 3.63) is 24.3 Å². The average molecular weight is 302 g/mol. The lowest BCUT2D eigenvalue weighted by atomic mass is 10.3. The van der Waals surface area contributed by atoms with Crippen LogP contribution in [0.3, 0.4) is 0 Å². The van der Waals surface area contributed by atoms with Gasteiger partial charge in [0.05, 0.1) is 4.90 Å². The first-order valence-electron chi connectivity index (χ1n) is 6.43. The second kappa shape index (κ2) is 7.77. The van der Waals surface area contributed by atoms with Crippen molar-refractivity contribution < 1.29 is 8.42 Å². The smallest absolute Gasteiger partial charge is 0.240 e. The van der Waals surface area contributed by atoms with Crippen molar-refractivity contribution in [1.29, 1.82) is 0 Å². The van der Waals surface area contributed by atoms with E-state index in [1.807, 2.05) is 13.8 Å². The molecule has 1 aromatic carbocycles. The molecule has 4 nitrogen and oxygen atoms in total. The molecular formula is C13H22N2O2S2. The van der Waals surface area contributed by atoms with Gasteiger partial charge in [0.2, 0.25) is 10.0 Å². The van der Waals surface area contributed by atoms with Gasteiger partial charge in [-0.1, -0.05) is 6.92 Å². The van der Waals surface area contributed by atoms with E-state index in [9.17, 15) is 8.42 Å². The molecule has 0 spiro atoms. The maximum atomic E-state index is 12.1. The minimum Gasteiger partial charge on any atom is -0.385 e. The van der Waals surface area contributed by atoms with Crippen LogP contribution in [0, 0.1) is 0 Å². The second-order valence-corrected chi connectivity index (χ2v) is 7.27. The van der Waals surface area contributed by atoms with Crippen molar-refractivity contribution in [1.82, 2.24) is 4.72 Å². The molecule has 1 atom stereocenters. The molecule has 0 radical (unpaired) electrons. The lowest BCUT2D eigenvalue weighted by Gasteiger charge is -2.14. The Balaban J connectivity index is 2.71. The van der Waals surface area contributed by atoms with E-state index in [1.54, 1.807) is 36.0 Å². The SMILES string of the molecule is CCNc1ccc(S(=O)(=O)NC(C)CSCC)cc1. The standard InChI is InChI=1S/C13H22N2O2S2/c1-4-14-12-6-8-13(9-7-12)19(16,17)15-11(3)10-18-5-2/h6-9,11,14-15H,4-5,10H2,1-3H3. The molecule has 0 bridgehead atoms. The molecule has 0 saturated heterocycles. The molecule has 2 N–H and O–H groups in total. The molecule has 0 aromatic heterocycles. The zero-order valence-corrected chi connectivity index (χ0v) is 13.3. The summed E-state index contributed by atoms with van der Waals surface area (Å²) in [5.41, 5.74) is 0.927. The molecule has 0 aliphatic carbocycles. The molecule has 108 valence electrons. The molecular weight excluding hydrogens is 280 g/mol. The summed E-state index contributed by atoms with van der Waals surface area (Å²) in [6.07, 6.45) is 0. The molecule has 0 heterocycles. The largest absolute Gasteiger partial charge is 0.385 e. The van der Waals surface area contributed by atoms with Gasteiger partial charge < -0.3 is 5.32 Å². The van der Waals surface area contributed by atoms with E-state index in [1.165, 1.54) is 0 Å². The Hall–Kier alpha value is -0.720. The molecule has 19 heavy (non-hydrogen) atoms. The van der Waals surface area contributed by atoms with Crippen LogP contribution in [-0.2, 0) is 10.0 Å². The third kappa shape index (κ3) is 5.42. The maximum absolute atomic E-state index is 12.1. The molecule has 0 amide bonds. The third-order valence-corrected chi connectivity index (χ3v) is 5.22. The lowest BCUT2D eigenvalue weighted by molar-refractivity contribution is 0.571. The Morgan fingerprint density at radius 2 is 1.84 bits per heavy atom. The topological polar surface area (TPSA) is 58.2 Å². The van der Waals surface area contributed by atoms with Crippen LogP contribution in [0.25, 0.3) is 0 Å². The monoisotopic (exact) mass is 302 g/mol. The number of benzene rings is 1. The summed E-state index contributed by atoms with van der Waals surface area (Å²) in [4.78, 5) is 0.308. The first-order chi connectivity index (χ1) is 8.99. The molecule has 6 heteroatoms. The normalized spacial score (nSPS) is 13.2. The van der Waals surface area contributed by atoms with E-state index < -0.39 is 10.0 Å². The van der Waals surface area contributed by atoms with Gasteiger partial charge in [-0.05, 0) is 43.9 Å². The van der Waals surface area contributed by atoms with Crippen molar-refractivity contribution in [3.8, 4) is 0 Å². The number of hydrogen-bond donors (Lipinski definition) is 2. The van der Waals surface area contributed by atoms with Gasteiger partial charge in [-0.25, -0.2) is 13.1 Å². The van der Waals surface area contributed by atoms with Crippen molar-refractivity contribution >= 4 is 27.5 Å². The summed E-state index contributed by atoms with van der Waals surface area (Å²) >= 11 is 1.72. The van der Waals surface area contributed by atoms with Gasteiger partial charge in [0.1, 0.15) is 0 Å². The summed E-state index contributed by atoms with van der Waals surface area (Å²) in [5.74, 6) is 1.77. The van der Waals surface area contributed by atoms with Crippen LogP contribution in [0.5, 0.6) is 0 Å². The Labute approximate surface area is 120 Å². The van der Waals surface area contributed by atoms with E-state index in [2.05, 4.69) is 17.0 Å². The highest BCUT2D eigenvalue weighted by molar-refractivity contribution is 7.99. The molecule has 1 aromatic rings. The van der Waals surface area contributed by atoms with E-state index in [0.29, 0.717) is 4.90 Å². The molecule has 0 aliphatic rings. The maximum Gasteiger partial charge on any atom is 0.240 e. The van der Waals surface area contributed by atoms with Gasteiger partial charge in [0, 0.05) is 24.0 Å². The lowest BCUT2D eigenvalue weighted by Crippen LogP contribution is -2.34. The van der Waals surface area contributed by atoms with E-state index in [-0.39, 0.29) is 6.04 Å². The van der Waals surface area contributed by atoms with Crippen molar-refractivity contribution in [2.24, 2.45) is 0 Å². The number of nitrogens with one attached hydrogen (secondary N) is 2. The highest BCUT2D eigenvalue weighted by atomic mass is 32.2. The highest BCUT2D eigenvalue weighted by Crippen LogP contribution is 2.14. The van der Waals surface area contributed by atoms with E-state index in [4.69, 9.17) is 0 Å². The fourth-order valence-electron chi connectivity index (χ4n) is 1.62. The van der Waals surface area contributed by atoms with Crippen LogP contribution < -0.4 is 10.0 Å². The molecule has 1 rings (SSSR count). The van der Waals surface area contributed by atoms with E-state index in [0.717, 1.165) is 23.7 Å². The van der Waals surface area contributed by atoms with Crippen molar-refractivity contribution in [3.63, 3.8) is 0 Å². The summed E-state index contributed by atoms with van der Waals surface area (Å²) in [6, 6.07) is 6.75. The number of hydrogen-bond acceptors (Lipinski definition) is 4. The predicted molar refractivity (Wildman–Crippen MR) is 83.4 cm³/mol. The Bertz CT molecular complexity index is 472. The first kappa shape index (κ1) is 16.3. The van der Waals surface area contributed by atoms with Gasteiger partial charge in [-0.15, -0.1) is 0 Å². The zero-order valence-electron chi connectivity index (χ0n) is 11.6. The molecule has 0 aliphatic heterocycles. The van der Waals surface area contributed by atoms with Crippen LogP contribution in [0.1, 0.15) is 20.8 Å². The minimum absolute atomic E-state index is 0.0663. The summed E-state index contributed by atoms with van der Waals surface area (Å²) < 4.78 is 27.0. The molecule has 0 saturated carbocycles. The summed E-state index contributed by atoms with van der Waals surface area (Å²) in [6.45, 7) is 6.76. The van der Waals surface area contributed by atoms with E-state index >= 15 is 0 Å². The second-order valence-electron chi connectivity index (χ2n) is 4.24. The van der Waals surface area contributed by atoms with Gasteiger partial charge in [0.25, 0.3) is 0 Å². The quantitative estimate of drug-likeness (QED) is 0.775. The van der Waals surface area contributed by atoms with Crippen LogP contribution in [0.4, 0.5) is 5.69 Å². The Morgan fingerprint density at radius 1 is 1.21 bits per heavy atom. The van der Waals surface area contributed by atoms with Crippen LogP contribution in [-0.4, -0.2) is 32.5 Å². The third-order valence-electron chi connectivity index (χ3n) is 2.47. The Morgan fingerprint density at radius 3 is 2.37 bits per heavy atom. The zero-order chi connectivity index (χ0) is 14.3. The summed E-state index contributed by atoms with van der Waals surface area (Å²) in [7, 11) is -3.41. The minimum atomic E-state index is -3.41. The van der Waals surface area contributed by atoms with Gasteiger partial charge in [-0.3, -0.25) is 0 Å². The van der Waals surface area contributed by atoms with Crippen LogP contribution in [0.2, 0.25) is 0 Å². The van der Waals surface area contributed by atoms with Crippen LogP contribution >= 0.6 is 11.8 Å². The molecule has 0 fully saturated rings. The van der Waals surface area contributed by atoms with Gasteiger partial charge in [0.15, 0.2) is 0 Å². The van der Waals surface area contributed by atoms with Crippen molar-refractivity contribution in [2.75, 3.05) is 23.4 Å². The van der Waals surface area contributed by atoms with Crippen LogP contribution in [0.15, 0.2) is 29.2 Å². The average Bonchev–Trinajstić information content (AvgIpc) is 2.37. The predicted octanol–water partition coefficient (Wildman–Crippen LogP) is 2.54. The molecule has 1 unspecified atom stereocenters. The van der Waals surface area contributed by atoms with Gasteiger partial charge >= 0.3 is 0 Å². The fraction of sp³-hybridized carbons (Fsp3) is 0.538. The fourth-order valence-corrected chi connectivity index (χ4v) is 3.64. The number of rotatable bonds is 8. The number of anilines is 1. The highest BCUT2D eigenvalue weighted by Gasteiger charge is 2.16. The number of sulfonamides is 1. The van der Waals surface area contributed by atoms with Gasteiger partial charge in [-0.2, -0.15) is 11.8 Å². The Kier molecular flexibility index (Phi) is 6.68. The first-order valence-corrected chi connectivity index (χ1v) is 9.07. The van der Waals surface area contributed by atoms with Crippen molar-refractivity contribution in [2.45, 2.75) is 31.7 Å². The number of thioether (sulfide) groups is 1.